The Labute approximate surface area is 252 Å². The molecular formula is C31H39N5O4S2. The first-order valence-electron chi connectivity index (χ1n) is 13.9. The topological polar surface area (TPSA) is 117 Å². The van der Waals surface area contributed by atoms with Gasteiger partial charge in [-0.15, -0.1) is 11.3 Å². The zero-order valence-electron chi connectivity index (χ0n) is 24.9. The largest absolute Gasteiger partial charge is 0.492 e. The minimum absolute atomic E-state index is 0.242. The molecular weight excluding hydrogens is 571 g/mol. The first-order valence-corrected chi connectivity index (χ1v) is 16.6. The number of thiophene rings is 1. The summed E-state index contributed by atoms with van der Waals surface area (Å²) in [5.41, 5.74) is 9.98. The number of hydrogen-bond donors (Lipinski definition) is 3. The number of allylic oxidation sites excluding steroid dienone is 2. The van der Waals surface area contributed by atoms with Crippen molar-refractivity contribution in [3.8, 4) is 5.75 Å². The number of amides is 1. The van der Waals surface area contributed by atoms with Gasteiger partial charge in [0.1, 0.15) is 5.82 Å². The maximum absolute atomic E-state index is 13.7. The number of rotatable bonds is 7. The van der Waals surface area contributed by atoms with Gasteiger partial charge in [-0.05, 0) is 78.7 Å². The Bertz CT molecular complexity index is 1700. The number of nitrogens with two attached hydrogens (primary N) is 1. The fourth-order valence-corrected chi connectivity index (χ4v) is 7.26. The number of fused-ring (bicyclic) bond motifs is 1. The van der Waals surface area contributed by atoms with Crippen LogP contribution < -0.4 is 25.4 Å². The third-order valence-corrected chi connectivity index (χ3v) is 9.57. The molecule has 42 heavy (non-hydrogen) atoms. The van der Waals surface area contributed by atoms with Gasteiger partial charge >= 0.3 is 0 Å². The summed E-state index contributed by atoms with van der Waals surface area (Å²) in [6.45, 7) is 7.84. The highest BCUT2D eigenvalue weighted by atomic mass is 32.2. The van der Waals surface area contributed by atoms with Crippen LogP contribution in [0.3, 0.4) is 0 Å². The van der Waals surface area contributed by atoms with E-state index in [2.05, 4.69) is 33.0 Å². The van der Waals surface area contributed by atoms with Crippen molar-refractivity contribution < 1.29 is 17.9 Å². The highest BCUT2D eigenvalue weighted by Gasteiger charge is 2.29. The summed E-state index contributed by atoms with van der Waals surface area (Å²) in [7, 11) is 0.0303. The van der Waals surface area contributed by atoms with Crippen LogP contribution in [0.15, 0.2) is 59.9 Å². The summed E-state index contributed by atoms with van der Waals surface area (Å²) in [6, 6.07) is 11.9. The second-order valence-electron chi connectivity index (χ2n) is 12.0. The number of nitrogens with one attached hydrogen (secondary N) is 2. The van der Waals surface area contributed by atoms with Crippen molar-refractivity contribution >= 4 is 54.4 Å². The number of likely N-dealkylation sites (tertiary alicyclic amines) is 1. The molecule has 0 bridgehead atoms. The molecule has 0 aliphatic carbocycles. The molecule has 0 unspecified atom stereocenters. The fourth-order valence-electron chi connectivity index (χ4n) is 5.63. The maximum Gasteiger partial charge on any atom is 0.265 e. The van der Waals surface area contributed by atoms with Gasteiger partial charge in [-0.1, -0.05) is 39.0 Å². The van der Waals surface area contributed by atoms with Gasteiger partial charge in [0.05, 0.1) is 40.0 Å². The fraction of sp³-hybridized carbons (Fsp3) is 0.387. The van der Waals surface area contributed by atoms with Gasteiger partial charge in [0.15, 0.2) is 5.75 Å². The summed E-state index contributed by atoms with van der Waals surface area (Å²) in [5.74, 6) is 0.596. The van der Waals surface area contributed by atoms with Crippen LogP contribution in [-0.2, 0) is 15.4 Å². The second-order valence-corrected chi connectivity index (χ2v) is 14.8. The molecule has 1 saturated heterocycles. The Hall–Kier alpha value is -3.54. The molecule has 0 radical (unpaired) electrons. The van der Waals surface area contributed by atoms with Crippen LogP contribution >= 0.6 is 11.3 Å². The average molecular weight is 610 g/mol. The summed E-state index contributed by atoms with van der Waals surface area (Å²) < 4.78 is 33.3. The van der Waals surface area contributed by atoms with Crippen LogP contribution in [0.1, 0.15) is 48.8 Å². The number of sulfonamides is 1. The van der Waals surface area contributed by atoms with Crippen molar-refractivity contribution in [2.24, 2.45) is 5.73 Å². The summed E-state index contributed by atoms with van der Waals surface area (Å²) in [4.78, 5) is 18.7. The van der Waals surface area contributed by atoms with Gasteiger partial charge in [-0.3, -0.25) is 14.4 Å². The average Bonchev–Trinajstić information content (AvgIpc) is 3.54. The molecule has 224 valence electrons. The van der Waals surface area contributed by atoms with Crippen molar-refractivity contribution in [3.05, 3.63) is 70.4 Å². The summed E-state index contributed by atoms with van der Waals surface area (Å²) >= 11 is 1.40. The Kier molecular flexibility index (Phi) is 8.04. The number of anilines is 3. The SMILES string of the molecule is COc1c(NC(=O)c2cc3cccc(N4CC([C@@H]5CCCN5C)=CC=C4N)c3s2)cc(C(C)(C)C)cc1NS(C)(=O)=O. The molecule has 11 heteroatoms. The predicted octanol–water partition coefficient (Wildman–Crippen LogP) is 5.47. The van der Waals surface area contributed by atoms with Gasteiger partial charge in [-0.2, -0.15) is 0 Å². The molecule has 5 rings (SSSR count). The van der Waals surface area contributed by atoms with Crippen LogP contribution in [0.25, 0.3) is 10.1 Å². The Morgan fingerprint density at radius 3 is 2.52 bits per heavy atom. The molecule has 9 nitrogen and oxygen atoms in total. The smallest absolute Gasteiger partial charge is 0.265 e. The van der Waals surface area contributed by atoms with Crippen molar-refractivity contribution in [1.29, 1.82) is 0 Å². The Morgan fingerprint density at radius 1 is 1.14 bits per heavy atom. The zero-order valence-corrected chi connectivity index (χ0v) is 26.6. The van der Waals surface area contributed by atoms with Crippen molar-refractivity contribution in [2.45, 2.75) is 45.1 Å². The molecule has 4 N–H and O–H groups in total. The summed E-state index contributed by atoms with van der Waals surface area (Å²) in [5, 5.41) is 3.93. The zero-order chi connectivity index (χ0) is 30.4. The van der Waals surface area contributed by atoms with Gasteiger partial charge < -0.3 is 20.7 Å². The lowest BCUT2D eigenvalue weighted by atomic mass is 9.86. The highest BCUT2D eigenvalue weighted by Crippen LogP contribution is 2.41. The maximum atomic E-state index is 13.7. The van der Waals surface area contributed by atoms with E-state index in [0.717, 1.165) is 40.6 Å². The van der Waals surface area contributed by atoms with E-state index in [-0.39, 0.29) is 22.8 Å². The van der Waals surface area contributed by atoms with E-state index in [4.69, 9.17) is 10.5 Å². The number of nitrogens with zero attached hydrogens (tertiary/aromatic N) is 2. The van der Waals surface area contributed by atoms with Crippen molar-refractivity contribution in [3.63, 3.8) is 0 Å². The number of benzene rings is 2. The second kappa shape index (κ2) is 11.3. The molecule has 1 aromatic heterocycles. The first-order chi connectivity index (χ1) is 19.7. The third kappa shape index (κ3) is 6.13. The van der Waals surface area contributed by atoms with E-state index in [1.54, 1.807) is 6.07 Å². The van der Waals surface area contributed by atoms with Gasteiger partial charge in [0.2, 0.25) is 10.0 Å². The Morgan fingerprint density at radius 2 is 1.88 bits per heavy atom. The van der Waals surface area contributed by atoms with Crippen molar-refractivity contribution in [2.75, 3.05) is 48.4 Å². The number of hydrogen-bond acceptors (Lipinski definition) is 8. The molecule has 2 aliphatic rings. The molecule has 3 aromatic rings. The van der Waals surface area contributed by atoms with E-state index in [9.17, 15) is 13.2 Å². The monoisotopic (exact) mass is 609 g/mol. The van der Waals surface area contributed by atoms with Crippen LogP contribution in [-0.4, -0.2) is 58.8 Å². The lowest BCUT2D eigenvalue weighted by molar-refractivity contribution is 0.103. The molecule has 3 heterocycles. The van der Waals surface area contributed by atoms with Crippen LogP contribution in [0, 0.1) is 0 Å². The predicted molar refractivity (Wildman–Crippen MR) is 173 cm³/mol. The normalized spacial score (nSPS) is 18.1. The minimum atomic E-state index is -3.59. The van der Waals surface area contributed by atoms with Gasteiger partial charge in [0.25, 0.3) is 5.91 Å². The van der Waals surface area contributed by atoms with Crippen LogP contribution in [0.4, 0.5) is 17.1 Å². The van der Waals surface area contributed by atoms with Gasteiger partial charge in [-0.25, -0.2) is 8.42 Å². The molecule has 1 fully saturated rings. The Balaban J connectivity index is 1.48. The van der Waals surface area contributed by atoms with E-state index in [1.165, 1.54) is 30.4 Å². The minimum Gasteiger partial charge on any atom is -0.492 e. The third-order valence-electron chi connectivity index (χ3n) is 7.81. The van der Waals surface area contributed by atoms with Crippen molar-refractivity contribution in [1.82, 2.24) is 4.90 Å². The van der Waals surface area contributed by atoms with Gasteiger partial charge in [0, 0.05) is 12.6 Å². The van der Waals surface area contributed by atoms with E-state index in [0.29, 0.717) is 29.0 Å². The lowest BCUT2D eigenvalue weighted by Crippen LogP contribution is -2.37. The number of carbonyl (C=O) groups excluding carboxylic acids is 1. The molecule has 0 spiro atoms. The highest BCUT2D eigenvalue weighted by molar-refractivity contribution is 7.92. The number of likely N-dealkylation sites (N-methyl/N-ethyl adjacent to an activating group) is 1. The standard InChI is InChI=1S/C31H39N5O4S2/c1-31(2,3)21-16-22(28(40-5)23(17-21)34-42(6,38)39)33-30(37)26-15-19-9-7-10-25(29(19)41-26)36-18-20(12-13-27(36)32)24-11-8-14-35(24)4/h7,9-10,12-13,15-17,24,34H,8,11,14,18,32H2,1-6H3,(H,33,37)/t24-/m0/s1. The molecule has 1 atom stereocenters. The lowest BCUT2D eigenvalue weighted by Gasteiger charge is -2.33. The quantitative estimate of drug-likeness (QED) is 0.325. The van der Waals surface area contributed by atoms with Crippen LogP contribution in [0.2, 0.25) is 0 Å². The van der Waals surface area contributed by atoms with E-state index >= 15 is 0 Å². The number of carbonyl (C=O) groups is 1. The first kappa shape index (κ1) is 29.9. The number of methoxy groups -OCH3 is 1. The van der Waals surface area contributed by atoms with E-state index < -0.39 is 10.0 Å². The molecule has 1 amide bonds. The number of ether oxygens (including phenoxy) is 1. The molecule has 2 aliphatic heterocycles. The summed E-state index contributed by atoms with van der Waals surface area (Å²) in [6.07, 6.45) is 7.53. The molecule has 0 saturated carbocycles. The van der Waals surface area contributed by atoms with Crippen LogP contribution in [0.5, 0.6) is 5.75 Å². The molecule has 2 aromatic carbocycles. The van der Waals surface area contributed by atoms with E-state index in [1.807, 2.05) is 57.2 Å².